The van der Waals surface area contributed by atoms with Gasteiger partial charge in [0.15, 0.2) is 0 Å². The first kappa shape index (κ1) is 14.4. The summed E-state index contributed by atoms with van der Waals surface area (Å²) in [6.07, 6.45) is -1.08. The first-order chi connectivity index (χ1) is 10.6. The minimum atomic E-state index is -1.08. The second-order valence-electron chi connectivity index (χ2n) is 4.86. The van der Waals surface area contributed by atoms with Crippen molar-refractivity contribution in [3.63, 3.8) is 0 Å². The molecule has 1 atom stereocenters. The highest BCUT2D eigenvalue weighted by Crippen LogP contribution is 2.29. The Labute approximate surface area is 132 Å². The Balaban J connectivity index is 2.03. The van der Waals surface area contributed by atoms with E-state index in [1.807, 2.05) is 36.4 Å². The first-order valence-electron chi connectivity index (χ1n) is 6.78. The molecule has 0 aromatic heterocycles. The van der Waals surface area contributed by atoms with Gasteiger partial charge in [-0.3, -0.25) is 0 Å². The van der Waals surface area contributed by atoms with Crippen LogP contribution in [0.2, 0.25) is 5.02 Å². The van der Waals surface area contributed by atoms with Crippen molar-refractivity contribution >= 4 is 28.3 Å². The Hall–Kier alpha value is -2.52. The fraction of sp³-hybridized carbons (Fsp3) is 0.0556. The molecule has 0 aliphatic rings. The van der Waals surface area contributed by atoms with Crippen LogP contribution in [-0.2, 0) is 4.79 Å². The second-order valence-corrected chi connectivity index (χ2v) is 5.29. The molecule has 3 aromatic rings. The zero-order valence-electron chi connectivity index (χ0n) is 11.6. The topological polar surface area (TPSA) is 46.5 Å². The maximum Gasteiger partial charge on any atom is 0.349 e. The summed E-state index contributed by atoms with van der Waals surface area (Å²) >= 11 is 5.83. The van der Waals surface area contributed by atoms with E-state index < -0.39 is 12.1 Å². The van der Waals surface area contributed by atoms with Crippen molar-refractivity contribution in [2.24, 2.45) is 0 Å². The number of carbonyl (C=O) groups is 1. The molecule has 4 heteroatoms. The van der Waals surface area contributed by atoms with Crippen molar-refractivity contribution in [3.8, 4) is 5.75 Å². The van der Waals surface area contributed by atoms with Crippen molar-refractivity contribution in [2.75, 3.05) is 0 Å². The van der Waals surface area contributed by atoms with E-state index in [2.05, 4.69) is 0 Å². The molecule has 0 saturated heterocycles. The fourth-order valence-corrected chi connectivity index (χ4v) is 2.50. The Bertz CT molecular complexity index is 807. The molecule has 0 spiro atoms. The van der Waals surface area contributed by atoms with Crippen molar-refractivity contribution in [2.45, 2.75) is 6.10 Å². The van der Waals surface area contributed by atoms with Crippen LogP contribution in [0.3, 0.4) is 0 Å². The minimum absolute atomic E-state index is 0.463. The van der Waals surface area contributed by atoms with Crippen LogP contribution in [-0.4, -0.2) is 11.1 Å². The smallest absolute Gasteiger partial charge is 0.349 e. The molecule has 0 aliphatic carbocycles. The SMILES string of the molecule is O=C(O)C(Oc1ccc(Cl)cc1)c1cccc2ccccc12. The predicted octanol–water partition coefficient (Wildman–Crippen LogP) is 4.70. The summed E-state index contributed by atoms with van der Waals surface area (Å²) in [5.41, 5.74) is 0.626. The van der Waals surface area contributed by atoms with Gasteiger partial charge in [-0.15, -0.1) is 0 Å². The van der Waals surface area contributed by atoms with E-state index >= 15 is 0 Å². The highest BCUT2D eigenvalue weighted by Gasteiger charge is 2.23. The number of carboxylic acids is 1. The molecule has 0 aliphatic heterocycles. The lowest BCUT2D eigenvalue weighted by molar-refractivity contribution is -0.145. The zero-order chi connectivity index (χ0) is 15.5. The molecule has 0 fully saturated rings. The number of ether oxygens (including phenoxy) is 1. The fourth-order valence-electron chi connectivity index (χ4n) is 2.38. The third-order valence-corrected chi connectivity index (χ3v) is 3.65. The van der Waals surface area contributed by atoms with Gasteiger partial charge in [-0.05, 0) is 35.0 Å². The van der Waals surface area contributed by atoms with Gasteiger partial charge in [0.05, 0.1) is 0 Å². The van der Waals surface area contributed by atoms with E-state index in [9.17, 15) is 9.90 Å². The van der Waals surface area contributed by atoms with E-state index in [1.54, 1.807) is 30.3 Å². The molecule has 22 heavy (non-hydrogen) atoms. The predicted molar refractivity (Wildman–Crippen MR) is 86.4 cm³/mol. The van der Waals surface area contributed by atoms with E-state index in [1.165, 1.54) is 0 Å². The van der Waals surface area contributed by atoms with E-state index in [0.29, 0.717) is 16.3 Å². The van der Waals surface area contributed by atoms with Crippen molar-refractivity contribution < 1.29 is 14.6 Å². The summed E-state index contributed by atoms with van der Waals surface area (Å²) in [5.74, 6) is -0.573. The van der Waals surface area contributed by atoms with Gasteiger partial charge < -0.3 is 9.84 Å². The Morgan fingerprint density at radius 3 is 2.36 bits per heavy atom. The summed E-state index contributed by atoms with van der Waals surface area (Å²) in [6.45, 7) is 0. The van der Waals surface area contributed by atoms with Crippen molar-refractivity contribution in [1.29, 1.82) is 0 Å². The Morgan fingerprint density at radius 2 is 1.64 bits per heavy atom. The van der Waals surface area contributed by atoms with E-state index in [-0.39, 0.29) is 0 Å². The molecule has 0 amide bonds. The number of fused-ring (bicyclic) bond motifs is 1. The van der Waals surface area contributed by atoms with Gasteiger partial charge >= 0.3 is 5.97 Å². The van der Waals surface area contributed by atoms with Gasteiger partial charge in [-0.2, -0.15) is 0 Å². The quantitative estimate of drug-likeness (QED) is 0.759. The first-order valence-corrected chi connectivity index (χ1v) is 7.15. The van der Waals surface area contributed by atoms with Crippen LogP contribution in [0.5, 0.6) is 5.75 Å². The lowest BCUT2D eigenvalue weighted by atomic mass is 10.0. The molecule has 3 rings (SSSR count). The molecule has 1 N–H and O–H groups in total. The maximum atomic E-state index is 11.7. The molecule has 0 radical (unpaired) electrons. The Morgan fingerprint density at radius 1 is 0.955 bits per heavy atom. The molecule has 0 bridgehead atoms. The van der Waals surface area contributed by atoms with Gasteiger partial charge in [0.1, 0.15) is 5.75 Å². The summed E-state index contributed by atoms with van der Waals surface area (Å²) < 4.78 is 5.67. The third kappa shape index (κ3) is 2.90. The molecule has 1 unspecified atom stereocenters. The molecule has 3 aromatic carbocycles. The molecule has 0 saturated carbocycles. The highest BCUT2D eigenvalue weighted by atomic mass is 35.5. The number of benzene rings is 3. The van der Waals surface area contributed by atoms with Crippen molar-refractivity contribution in [1.82, 2.24) is 0 Å². The molecule has 0 heterocycles. The Kier molecular flexibility index (Phi) is 3.98. The van der Waals surface area contributed by atoms with Gasteiger partial charge in [-0.25, -0.2) is 4.79 Å². The largest absolute Gasteiger partial charge is 0.478 e. The van der Waals surface area contributed by atoms with Gasteiger partial charge in [0.25, 0.3) is 0 Å². The van der Waals surface area contributed by atoms with Gasteiger partial charge in [-0.1, -0.05) is 54.1 Å². The molecule has 3 nitrogen and oxygen atoms in total. The monoisotopic (exact) mass is 312 g/mol. The van der Waals surface area contributed by atoms with E-state index in [0.717, 1.165) is 10.8 Å². The lowest BCUT2D eigenvalue weighted by Gasteiger charge is -2.17. The average molecular weight is 313 g/mol. The number of halogens is 1. The number of carboxylic acid groups (broad SMARTS) is 1. The summed E-state index contributed by atoms with van der Waals surface area (Å²) in [7, 11) is 0. The standard InChI is InChI=1S/C18H13ClO3/c19-13-8-10-14(11-9-13)22-17(18(20)21)16-7-3-5-12-4-1-2-6-15(12)16/h1-11,17H,(H,20,21). The maximum absolute atomic E-state index is 11.7. The van der Waals surface area contributed by atoms with Crippen LogP contribution < -0.4 is 4.74 Å². The minimum Gasteiger partial charge on any atom is -0.478 e. The van der Waals surface area contributed by atoms with Crippen LogP contribution in [0, 0.1) is 0 Å². The van der Waals surface area contributed by atoms with Crippen LogP contribution in [0.4, 0.5) is 0 Å². The number of aliphatic carboxylic acids is 1. The van der Waals surface area contributed by atoms with Crippen LogP contribution in [0.1, 0.15) is 11.7 Å². The zero-order valence-corrected chi connectivity index (χ0v) is 12.3. The van der Waals surface area contributed by atoms with Gasteiger partial charge in [0.2, 0.25) is 6.10 Å². The lowest BCUT2D eigenvalue weighted by Crippen LogP contribution is -2.18. The van der Waals surface area contributed by atoms with Crippen LogP contribution >= 0.6 is 11.6 Å². The summed E-state index contributed by atoms with van der Waals surface area (Å²) in [4.78, 5) is 11.7. The molecular weight excluding hydrogens is 300 g/mol. The molecule has 110 valence electrons. The second kappa shape index (κ2) is 6.08. The average Bonchev–Trinajstić information content (AvgIpc) is 2.54. The normalized spacial score (nSPS) is 12.0. The number of hydrogen-bond acceptors (Lipinski definition) is 2. The summed E-state index contributed by atoms with van der Waals surface area (Å²) in [6, 6.07) is 19.8. The molecular formula is C18H13ClO3. The van der Waals surface area contributed by atoms with Gasteiger partial charge in [0, 0.05) is 10.6 Å². The third-order valence-electron chi connectivity index (χ3n) is 3.40. The highest BCUT2D eigenvalue weighted by molar-refractivity contribution is 6.30. The summed E-state index contributed by atoms with van der Waals surface area (Å²) in [5, 5.41) is 12.0. The van der Waals surface area contributed by atoms with Crippen LogP contribution in [0.15, 0.2) is 66.7 Å². The van der Waals surface area contributed by atoms with Crippen LogP contribution in [0.25, 0.3) is 10.8 Å². The van der Waals surface area contributed by atoms with Crippen molar-refractivity contribution in [3.05, 3.63) is 77.3 Å². The number of rotatable bonds is 4. The number of hydrogen-bond donors (Lipinski definition) is 1. The van der Waals surface area contributed by atoms with E-state index in [4.69, 9.17) is 16.3 Å².